The highest BCUT2D eigenvalue weighted by atomic mass is 35.5. The second kappa shape index (κ2) is 10.8. The van der Waals surface area contributed by atoms with Crippen LogP contribution in [0.3, 0.4) is 0 Å². The van der Waals surface area contributed by atoms with Gasteiger partial charge in [0, 0.05) is 35.4 Å². The highest BCUT2D eigenvalue weighted by Crippen LogP contribution is 2.35. The van der Waals surface area contributed by atoms with Crippen molar-refractivity contribution in [2.45, 2.75) is 6.54 Å². The zero-order chi connectivity index (χ0) is 24.1. The number of aromatic amines is 1. The number of carbonyl (C=O) groups excluding carboxylic acids is 2. The van der Waals surface area contributed by atoms with Gasteiger partial charge in [-0.05, 0) is 24.3 Å². The lowest BCUT2D eigenvalue weighted by atomic mass is 10.2. The Morgan fingerprint density at radius 1 is 1.06 bits per heavy atom. The van der Waals surface area contributed by atoms with E-state index in [0.29, 0.717) is 10.7 Å². The molecule has 0 aliphatic heterocycles. The lowest BCUT2D eigenvalue weighted by molar-refractivity contribution is 0.0939. The summed E-state index contributed by atoms with van der Waals surface area (Å²) in [6, 6.07) is 8.49. The number of anilines is 1. The van der Waals surface area contributed by atoms with Crippen LogP contribution in [0.25, 0.3) is 0 Å². The Balaban J connectivity index is 1.74. The van der Waals surface area contributed by atoms with Crippen LogP contribution in [-0.2, 0) is 6.54 Å². The zero-order valence-corrected chi connectivity index (χ0v) is 19.1. The average molecular weight is 516 g/mol. The summed E-state index contributed by atoms with van der Waals surface area (Å²) >= 11 is 18.1. The van der Waals surface area contributed by atoms with E-state index in [4.69, 9.17) is 50.4 Å². The maximum atomic E-state index is 15.0. The summed E-state index contributed by atoms with van der Waals surface area (Å²) in [6.07, 6.45) is 0. The molecule has 1 heterocycles. The first-order valence-electron chi connectivity index (χ1n) is 9.46. The summed E-state index contributed by atoms with van der Waals surface area (Å²) < 4.78 is 20.6. The van der Waals surface area contributed by atoms with Crippen LogP contribution in [-0.4, -0.2) is 35.1 Å². The van der Waals surface area contributed by atoms with Crippen molar-refractivity contribution in [2.24, 2.45) is 0 Å². The molecule has 0 saturated carbocycles. The van der Waals surface area contributed by atoms with Crippen molar-refractivity contribution in [1.29, 1.82) is 0 Å². The molecule has 0 saturated heterocycles. The molecule has 0 unspecified atom stereocenters. The SMILES string of the molecule is Nc1cc(Cl)cc(Oc2c(Cl)ccc(CNC(=O)c3[nH]c(C(=O)NCCO)cc3Cl)c2F)c1. The number of carbonyl (C=O) groups is 2. The summed E-state index contributed by atoms with van der Waals surface area (Å²) in [6.45, 7) is -0.424. The smallest absolute Gasteiger partial charge is 0.269 e. The van der Waals surface area contributed by atoms with Crippen LogP contribution in [0.5, 0.6) is 11.5 Å². The van der Waals surface area contributed by atoms with Gasteiger partial charge in [-0.2, -0.15) is 0 Å². The predicted molar refractivity (Wildman–Crippen MR) is 124 cm³/mol. The third-order valence-corrected chi connectivity index (χ3v) is 5.13. The van der Waals surface area contributed by atoms with Gasteiger partial charge in [-0.25, -0.2) is 4.39 Å². The number of rotatable bonds is 8. The summed E-state index contributed by atoms with van der Waals surface area (Å²) in [4.78, 5) is 27.1. The van der Waals surface area contributed by atoms with Gasteiger partial charge in [0.05, 0.1) is 16.7 Å². The lowest BCUT2D eigenvalue weighted by Gasteiger charge is -2.13. The minimum Gasteiger partial charge on any atom is -0.453 e. The van der Waals surface area contributed by atoms with E-state index in [1.807, 2.05) is 0 Å². The standard InChI is InChI=1S/C21H18Cl3FN4O4/c22-11-5-12(26)7-13(6-11)33-19-14(23)2-1-10(17(19)25)9-28-21(32)18-15(24)8-16(29-18)20(31)27-3-4-30/h1-2,5-8,29-30H,3-4,9,26H2,(H,27,31)(H,28,32). The summed E-state index contributed by atoms with van der Waals surface area (Å²) in [5.41, 5.74) is 6.09. The molecule has 12 heteroatoms. The topological polar surface area (TPSA) is 129 Å². The molecule has 174 valence electrons. The Bertz CT molecular complexity index is 1180. The van der Waals surface area contributed by atoms with Gasteiger partial charge in [0.15, 0.2) is 11.6 Å². The molecule has 0 aliphatic carbocycles. The number of H-pyrrole nitrogens is 1. The molecule has 0 aliphatic rings. The summed E-state index contributed by atoms with van der Waals surface area (Å²) in [7, 11) is 0. The molecule has 2 amide bonds. The van der Waals surface area contributed by atoms with Gasteiger partial charge in [0.25, 0.3) is 11.8 Å². The van der Waals surface area contributed by atoms with E-state index in [2.05, 4.69) is 15.6 Å². The van der Waals surface area contributed by atoms with Crippen LogP contribution in [0, 0.1) is 5.82 Å². The van der Waals surface area contributed by atoms with Crippen molar-refractivity contribution in [3.63, 3.8) is 0 Å². The molecule has 2 aromatic carbocycles. The molecule has 3 rings (SSSR count). The van der Waals surface area contributed by atoms with Gasteiger partial charge >= 0.3 is 0 Å². The van der Waals surface area contributed by atoms with Crippen molar-refractivity contribution in [3.8, 4) is 11.5 Å². The molecule has 0 bridgehead atoms. The lowest BCUT2D eigenvalue weighted by Crippen LogP contribution is -2.27. The fraction of sp³-hybridized carbons (Fsp3) is 0.143. The van der Waals surface area contributed by atoms with E-state index in [1.165, 1.54) is 36.4 Å². The molecule has 8 nitrogen and oxygen atoms in total. The minimum absolute atomic E-state index is 0.000735. The van der Waals surface area contributed by atoms with Gasteiger partial charge in [-0.1, -0.05) is 40.9 Å². The Kier molecular flexibility index (Phi) is 8.04. The molecule has 3 aromatic rings. The minimum atomic E-state index is -0.789. The van der Waals surface area contributed by atoms with Crippen LogP contribution in [0.1, 0.15) is 26.5 Å². The van der Waals surface area contributed by atoms with Crippen molar-refractivity contribution in [1.82, 2.24) is 15.6 Å². The number of aliphatic hydroxyl groups excluding tert-OH is 1. The number of hydrogen-bond donors (Lipinski definition) is 5. The first-order valence-corrected chi connectivity index (χ1v) is 10.6. The normalized spacial score (nSPS) is 10.7. The van der Waals surface area contributed by atoms with Gasteiger partial charge in [0.2, 0.25) is 0 Å². The van der Waals surface area contributed by atoms with E-state index in [1.54, 1.807) is 0 Å². The Morgan fingerprint density at radius 3 is 2.52 bits per heavy atom. The Morgan fingerprint density at radius 2 is 1.82 bits per heavy atom. The van der Waals surface area contributed by atoms with E-state index < -0.39 is 17.6 Å². The average Bonchev–Trinajstić information content (AvgIpc) is 3.15. The molecular formula is C21H18Cl3FN4O4. The number of halogens is 4. The third-order valence-electron chi connectivity index (χ3n) is 4.32. The first kappa shape index (κ1) is 24.7. The predicted octanol–water partition coefficient (Wildman–Crippen LogP) is 4.14. The van der Waals surface area contributed by atoms with Gasteiger partial charge in [0.1, 0.15) is 17.1 Å². The number of hydrogen-bond acceptors (Lipinski definition) is 5. The maximum absolute atomic E-state index is 15.0. The zero-order valence-electron chi connectivity index (χ0n) is 16.8. The van der Waals surface area contributed by atoms with E-state index >= 15 is 4.39 Å². The van der Waals surface area contributed by atoms with Crippen LogP contribution < -0.4 is 21.1 Å². The molecule has 6 N–H and O–H groups in total. The summed E-state index contributed by atoms with van der Waals surface area (Å²) in [5.74, 6) is -2.07. The molecular weight excluding hydrogens is 498 g/mol. The number of nitrogens with one attached hydrogen (secondary N) is 3. The summed E-state index contributed by atoms with van der Waals surface area (Å²) in [5, 5.41) is 14.0. The number of amides is 2. The quantitative estimate of drug-likeness (QED) is 0.288. The van der Waals surface area contributed by atoms with Crippen molar-refractivity contribution >= 4 is 52.3 Å². The molecule has 33 heavy (non-hydrogen) atoms. The third kappa shape index (κ3) is 6.08. The highest BCUT2D eigenvalue weighted by Gasteiger charge is 2.20. The Hall–Kier alpha value is -2.98. The van der Waals surface area contributed by atoms with Crippen LogP contribution in [0.15, 0.2) is 36.4 Å². The fourth-order valence-corrected chi connectivity index (χ4v) is 3.47. The first-order chi connectivity index (χ1) is 15.7. The molecule has 1 aromatic heterocycles. The van der Waals surface area contributed by atoms with Crippen molar-refractivity contribution < 1.29 is 23.8 Å². The largest absolute Gasteiger partial charge is 0.453 e. The van der Waals surface area contributed by atoms with Crippen LogP contribution >= 0.6 is 34.8 Å². The van der Waals surface area contributed by atoms with Crippen LogP contribution in [0.2, 0.25) is 15.1 Å². The maximum Gasteiger partial charge on any atom is 0.269 e. The van der Waals surface area contributed by atoms with E-state index in [-0.39, 0.29) is 58.2 Å². The highest BCUT2D eigenvalue weighted by molar-refractivity contribution is 6.34. The molecule has 0 spiro atoms. The molecule has 0 radical (unpaired) electrons. The van der Waals surface area contributed by atoms with Gasteiger partial charge in [-0.15, -0.1) is 0 Å². The Labute approximate surface area is 202 Å². The number of nitrogen functional groups attached to an aromatic ring is 1. The van der Waals surface area contributed by atoms with E-state index in [0.717, 1.165) is 0 Å². The van der Waals surface area contributed by atoms with Crippen molar-refractivity contribution in [2.75, 3.05) is 18.9 Å². The van der Waals surface area contributed by atoms with E-state index in [9.17, 15) is 9.59 Å². The molecule has 0 atom stereocenters. The second-order valence-corrected chi connectivity index (χ2v) is 7.99. The van der Waals surface area contributed by atoms with Gasteiger partial charge < -0.3 is 31.2 Å². The number of aromatic nitrogens is 1. The van der Waals surface area contributed by atoms with Gasteiger partial charge in [-0.3, -0.25) is 9.59 Å². The fourth-order valence-electron chi connectivity index (χ4n) is 2.81. The number of nitrogens with two attached hydrogens (primary N) is 1. The molecule has 0 fully saturated rings. The number of benzene rings is 2. The van der Waals surface area contributed by atoms with Crippen LogP contribution in [0.4, 0.5) is 10.1 Å². The second-order valence-electron chi connectivity index (χ2n) is 6.74. The monoisotopic (exact) mass is 514 g/mol. The van der Waals surface area contributed by atoms with Crippen molar-refractivity contribution in [3.05, 3.63) is 74.2 Å². The number of aliphatic hydroxyl groups is 1. The number of ether oxygens (including phenoxy) is 1.